The summed E-state index contributed by atoms with van der Waals surface area (Å²) >= 11 is 0. The minimum Gasteiger partial charge on any atom is -0.492 e. The number of benzene rings is 1. The second-order valence-electron chi connectivity index (χ2n) is 7.17. The van der Waals surface area contributed by atoms with Crippen molar-refractivity contribution < 1.29 is 4.74 Å². The minimum atomic E-state index is 0. The fourth-order valence-electron chi connectivity index (χ4n) is 3.10. The molecular weight excluding hydrogens is 465 g/mol. The SMILES string of the molecule is CCNC(=NCCCCN1CCN(C)CC1)N(C)CCOc1ccccc1.I. The van der Waals surface area contributed by atoms with Crippen molar-refractivity contribution in [3.8, 4) is 5.75 Å². The van der Waals surface area contributed by atoms with E-state index in [1.807, 2.05) is 30.3 Å². The standard InChI is InChI=1S/C21H37N5O.HI/c1-4-22-21(25(3)18-19-27-20-10-6-5-7-11-20)23-12-8-9-13-26-16-14-24(2)15-17-26;/h5-7,10-11H,4,8-9,12-19H2,1-3H3,(H,22,23);1H. The molecule has 0 aromatic heterocycles. The van der Waals surface area contributed by atoms with Crippen molar-refractivity contribution in [2.45, 2.75) is 19.8 Å². The zero-order chi connectivity index (χ0) is 19.3. The molecule has 1 saturated heterocycles. The molecule has 0 atom stereocenters. The zero-order valence-electron chi connectivity index (χ0n) is 17.8. The van der Waals surface area contributed by atoms with Crippen LogP contribution in [0.2, 0.25) is 0 Å². The van der Waals surface area contributed by atoms with Crippen molar-refractivity contribution in [2.75, 3.05) is 73.1 Å². The summed E-state index contributed by atoms with van der Waals surface area (Å²) in [6, 6.07) is 9.96. The molecule has 0 amide bonds. The number of nitrogens with one attached hydrogen (secondary N) is 1. The fourth-order valence-corrected chi connectivity index (χ4v) is 3.10. The van der Waals surface area contributed by atoms with Gasteiger partial charge in [-0.2, -0.15) is 0 Å². The predicted octanol–water partition coefficient (Wildman–Crippen LogP) is 2.61. The molecule has 7 heteroatoms. The molecule has 1 N–H and O–H groups in total. The van der Waals surface area contributed by atoms with Gasteiger partial charge in [-0.3, -0.25) is 4.99 Å². The van der Waals surface area contributed by atoms with Gasteiger partial charge in [-0.25, -0.2) is 0 Å². The molecule has 0 aliphatic carbocycles. The van der Waals surface area contributed by atoms with Gasteiger partial charge >= 0.3 is 0 Å². The first-order valence-electron chi connectivity index (χ1n) is 10.3. The van der Waals surface area contributed by atoms with E-state index in [0.717, 1.165) is 37.8 Å². The number of aliphatic imine (C=N–C) groups is 1. The normalized spacial score (nSPS) is 15.8. The van der Waals surface area contributed by atoms with Crippen molar-refractivity contribution in [2.24, 2.45) is 4.99 Å². The molecule has 1 aromatic rings. The van der Waals surface area contributed by atoms with Crippen LogP contribution in [0.5, 0.6) is 5.75 Å². The summed E-state index contributed by atoms with van der Waals surface area (Å²) in [5.41, 5.74) is 0. The molecule has 0 spiro atoms. The highest BCUT2D eigenvalue weighted by molar-refractivity contribution is 14.0. The Balaban J connectivity index is 0.00000392. The van der Waals surface area contributed by atoms with E-state index in [2.05, 4.69) is 41.0 Å². The number of unbranched alkanes of at least 4 members (excludes halogenated alkanes) is 1. The number of likely N-dealkylation sites (N-methyl/N-ethyl adjacent to an activating group) is 2. The second-order valence-corrected chi connectivity index (χ2v) is 7.17. The van der Waals surface area contributed by atoms with Gasteiger partial charge in [0.25, 0.3) is 0 Å². The zero-order valence-corrected chi connectivity index (χ0v) is 20.1. The van der Waals surface area contributed by atoms with Crippen LogP contribution in [0.15, 0.2) is 35.3 Å². The molecule has 0 radical (unpaired) electrons. The number of rotatable bonds is 10. The molecule has 1 heterocycles. The van der Waals surface area contributed by atoms with Gasteiger partial charge in [0.15, 0.2) is 5.96 Å². The van der Waals surface area contributed by atoms with E-state index in [1.165, 1.54) is 39.1 Å². The third-order valence-corrected chi connectivity index (χ3v) is 4.88. The lowest BCUT2D eigenvalue weighted by Gasteiger charge is -2.32. The molecule has 1 aromatic carbocycles. The van der Waals surface area contributed by atoms with Crippen LogP contribution < -0.4 is 10.1 Å². The topological polar surface area (TPSA) is 43.3 Å². The molecule has 1 fully saturated rings. The highest BCUT2D eigenvalue weighted by atomic mass is 127. The van der Waals surface area contributed by atoms with Gasteiger partial charge < -0.3 is 24.8 Å². The molecule has 1 aliphatic rings. The summed E-state index contributed by atoms with van der Waals surface area (Å²) in [5.74, 6) is 1.88. The number of para-hydroxylation sites is 1. The van der Waals surface area contributed by atoms with Gasteiger partial charge in [0.2, 0.25) is 0 Å². The largest absolute Gasteiger partial charge is 0.492 e. The van der Waals surface area contributed by atoms with E-state index in [-0.39, 0.29) is 24.0 Å². The Morgan fingerprint density at radius 2 is 1.86 bits per heavy atom. The van der Waals surface area contributed by atoms with Crippen molar-refractivity contribution in [3.63, 3.8) is 0 Å². The van der Waals surface area contributed by atoms with Gasteiger partial charge in [-0.1, -0.05) is 18.2 Å². The first-order valence-corrected chi connectivity index (χ1v) is 10.3. The number of nitrogens with zero attached hydrogens (tertiary/aromatic N) is 4. The molecular formula is C21H38IN5O. The lowest BCUT2D eigenvalue weighted by Crippen LogP contribution is -2.44. The quantitative estimate of drug-likeness (QED) is 0.230. The second kappa shape index (κ2) is 14.9. The number of halogens is 1. The highest BCUT2D eigenvalue weighted by Crippen LogP contribution is 2.08. The summed E-state index contributed by atoms with van der Waals surface area (Å²) in [6.45, 7) is 11.3. The van der Waals surface area contributed by atoms with Gasteiger partial charge in [-0.15, -0.1) is 24.0 Å². The summed E-state index contributed by atoms with van der Waals surface area (Å²) in [6.07, 6.45) is 2.35. The van der Waals surface area contributed by atoms with Crippen LogP contribution in [0.1, 0.15) is 19.8 Å². The first-order chi connectivity index (χ1) is 13.2. The number of hydrogen-bond donors (Lipinski definition) is 1. The first kappa shape index (κ1) is 25.0. The Labute approximate surface area is 188 Å². The van der Waals surface area contributed by atoms with Crippen LogP contribution in [0.3, 0.4) is 0 Å². The lowest BCUT2D eigenvalue weighted by molar-refractivity contribution is 0.152. The lowest BCUT2D eigenvalue weighted by atomic mass is 10.2. The van der Waals surface area contributed by atoms with Gasteiger partial charge in [-0.05, 0) is 45.5 Å². The van der Waals surface area contributed by atoms with E-state index in [4.69, 9.17) is 9.73 Å². The van der Waals surface area contributed by atoms with Gasteiger partial charge in [0.05, 0.1) is 6.54 Å². The average Bonchev–Trinajstić information content (AvgIpc) is 2.69. The Morgan fingerprint density at radius 3 is 2.54 bits per heavy atom. The third-order valence-electron chi connectivity index (χ3n) is 4.88. The van der Waals surface area contributed by atoms with Crippen molar-refractivity contribution >= 4 is 29.9 Å². The summed E-state index contributed by atoms with van der Waals surface area (Å²) in [4.78, 5) is 11.9. The molecule has 0 saturated carbocycles. The Bertz CT molecular complexity index is 535. The maximum Gasteiger partial charge on any atom is 0.193 e. The molecule has 160 valence electrons. The van der Waals surface area contributed by atoms with Crippen molar-refractivity contribution in [3.05, 3.63) is 30.3 Å². The molecule has 6 nitrogen and oxygen atoms in total. The molecule has 1 aliphatic heterocycles. The predicted molar refractivity (Wildman–Crippen MR) is 129 cm³/mol. The van der Waals surface area contributed by atoms with Crippen LogP contribution in [-0.2, 0) is 0 Å². The van der Waals surface area contributed by atoms with E-state index >= 15 is 0 Å². The van der Waals surface area contributed by atoms with E-state index < -0.39 is 0 Å². The van der Waals surface area contributed by atoms with E-state index in [9.17, 15) is 0 Å². The Kier molecular flexibility index (Phi) is 13.3. The summed E-state index contributed by atoms with van der Waals surface area (Å²) in [7, 11) is 4.27. The monoisotopic (exact) mass is 503 g/mol. The Hall–Kier alpha value is -1.06. The van der Waals surface area contributed by atoms with Crippen LogP contribution in [0, 0.1) is 0 Å². The number of guanidine groups is 1. The van der Waals surface area contributed by atoms with Crippen LogP contribution >= 0.6 is 24.0 Å². The molecule has 2 rings (SSSR count). The summed E-state index contributed by atoms with van der Waals surface area (Å²) in [5, 5.41) is 3.38. The van der Waals surface area contributed by atoms with E-state index in [0.29, 0.717) is 6.61 Å². The van der Waals surface area contributed by atoms with Gasteiger partial charge in [0.1, 0.15) is 12.4 Å². The Morgan fingerprint density at radius 1 is 1.14 bits per heavy atom. The molecule has 28 heavy (non-hydrogen) atoms. The highest BCUT2D eigenvalue weighted by Gasteiger charge is 2.12. The van der Waals surface area contributed by atoms with Crippen LogP contribution in [0.4, 0.5) is 0 Å². The maximum atomic E-state index is 5.79. The molecule has 0 unspecified atom stereocenters. The van der Waals surface area contributed by atoms with Crippen LogP contribution in [0.25, 0.3) is 0 Å². The fraction of sp³-hybridized carbons (Fsp3) is 0.667. The van der Waals surface area contributed by atoms with E-state index in [1.54, 1.807) is 0 Å². The number of ether oxygens (including phenoxy) is 1. The van der Waals surface area contributed by atoms with Crippen molar-refractivity contribution in [1.29, 1.82) is 0 Å². The summed E-state index contributed by atoms with van der Waals surface area (Å²) < 4.78 is 5.79. The number of hydrogen-bond acceptors (Lipinski definition) is 4. The number of piperazine rings is 1. The maximum absolute atomic E-state index is 5.79. The average molecular weight is 503 g/mol. The van der Waals surface area contributed by atoms with Crippen LogP contribution in [-0.4, -0.2) is 93.7 Å². The van der Waals surface area contributed by atoms with Gasteiger partial charge in [0, 0.05) is 46.3 Å². The van der Waals surface area contributed by atoms with Crippen molar-refractivity contribution in [1.82, 2.24) is 20.0 Å². The third kappa shape index (κ3) is 9.93. The molecule has 0 bridgehead atoms. The minimum absolute atomic E-state index is 0. The smallest absolute Gasteiger partial charge is 0.193 e.